The molecule has 1 aromatic heterocycles. The molecular formula is C24H24FN3O2. The summed E-state index contributed by atoms with van der Waals surface area (Å²) in [5.41, 5.74) is 2.71. The van der Waals surface area contributed by atoms with Gasteiger partial charge >= 0.3 is 0 Å². The first kappa shape index (κ1) is 21.0. The molecular weight excluding hydrogens is 381 g/mol. The molecule has 6 heteroatoms. The smallest absolute Gasteiger partial charge is 0.246 e. The lowest BCUT2D eigenvalue weighted by atomic mass is 10.1. The summed E-state index contributed by atoms with van der Waals surface area (Å²) in [7, 11) is 5.70. The average Bonchev–Trinajstić information content (AvgIpc) is 2.75. The molecule has 0 spiro atoms. The van der Waals surface area contributed by atoms with Gasteiger partial charge < -0.3 is 14.5 Å². The molecule has 2 aromatic carbocycles. The van der Waals surface area contributed by atoms with Crippen molar-refractivity contribution in [3.8, 4) is 11.5 Å². The first-order valence-electron chi connectivity index (χ1n) is 9.49. The normalized spacial score (nSPS) is 10.8. The summed E-state index contributed by atoms with van der Waals surface area (Å²) in [5.74, 6) is -0.120. The number of ether oxygens (including phenoxy) is 1. The third kappa shape index (κ3) is 5.67. The Balaban J connectivity index is 1.60. The van der Waals surface area contributed by atoms with E-state index in [0.29, 0.717) is 17.9 Å². The van der Waals surface area contributed by atoms with E-state index in [1.807, 2.05) is 43.3 Å². The molecule has 1 amide bonds. The van der Waals surface area contributed by atoms with E-state index in [2.05, 4.69) is 4.98 Å². The molecule has 0 radical (unpaired) electrons. The van der Waals surface area contributed by atoms with Crippen LogP contribution in [0.1, 0.15) is 11.1 Å². The molecule has 0 fully saturated rings. The second kappa shape index (κ2) is 9.69. The molecule has 30 heavy (non-hydrogen) atoms. The number of carbonyl (C=O) groups is 1. The van der Waals surface area contributed by atoms with Crippen molar-refractivity contribution < 1.29 is 13.9 Å². The number of likely N-dealkylation sites (N-methyl/N-ethyl adjacent to an activating group) is 1. The van der Waals surface area contributed by atoms with Crippen molar-refractivity contribution in [2.45, 2.75) is 6.54 Å². The number of aromatic nitrogens is 1. The number of nitrogens with zero attached hydrogens (tertiary/aromatic N) is 3. The van der Waals surface area contributed by atoms with Crippen molar-refractivity contribution in [3.05, 3.63) is 90.0 Å². The standard InChI is InChI=1S/C24H24FN3O2/c1-27(2)20-10-6-19(7-11-20)17-28(3)24(29)13-9-18-8-12-23(22(25)15-18)30-21-5-4-14-26-16-21/h4-16H,17H2,1-3H3/b13-9+. The number of hydrogen-bond donors (Lipinski definition) is 0. The lowest BCUT2D eigenvalue weighted by molar-refractivity contribution is -0.125. The number of carbonyl (C=O) groups excluding carboxylic acids is 1. The van der Waals surface area contributed by atoms with Crippen LogP contribution in [0.5, 0.6) is 11.5 Å². The Labute approximate surface area is 176 Å². The predicted octanol–water partition coefficient (Wildman–Crippen LogP) is 4.75. The third-order valence-electron chi connectivity index (χ3n) is 4.49. The number of pyridine rings is 1. The SMILES string of the molecule is CN(Cc1ccc(N(C)C)cc1)C(=O)/C=C/c1ccc(Oc2cccnc2)c(F)c1. The number of rotatable bonds is 7. The molecule has 0 saturated carbocycles. The predicted molar refractivity (Wildman–Crippen MR) is 117 cm³/mol. The molecule has 3 aromatic rings. The van der Waals surface area contributed by atoms with Crippen LogP contribution in [0.2, 0.25) is 0 Å². The minimum Gasteiger partial charge on any atom is -0.453 e. The summed E-state index contributed by atoms with van der Waals surface area (Å²) in [6, 6.07) is 16.0. The molecule has 0 saturated heterocycles. The minimum atomic E-state index is -0.511. The quantitative estimate of drug-likeness (QED) is 0.532. The van der Waals surface area contributed by atoms with Crippen LogP contribution in [0.15, 0.2) is 73.1 Å². The summed E-state index contributed by atoms with van der Waals surface area (Å²) in [5, 5.41) is 0. The van der Waals surface area contributed by atoms with Crippen molar-refractivity contribution in [3.63, 3.8) is 0 Å². The highest BCUT2D eigenvalue weighted by Crippen LogP contribution is 2.25. The largest absolute Gasteiger partial charge is 0.453 e. The average molecular weight is 405 g/mol. The van der Waals surface area contributed by atoms with Gasteiger partial charge in [0.25, 0.3) is 0 Å². The fourth-order valence-corrected chi connectivity index (χ4v) is 2.78. The van der Waals surface area contributed by atoms with Crippen molar-refractivity contribution >= 4 is 17.7 Å². The van der Waals surface area contributed by atoms with Gasteiger partial charge in [0, 0.05) is 45.6 Å². The zero-order valence-corrected chi connectivity index (χ0v) is 17.2. The van der Waals surface area contributed by atoms with Crippen LogP contribution in [-0.4, -0.2) is 36.9 Å². The van der Waals surface area contributed by atoms with E-state index in [-0.39, 0.29) is 11.7 Å². The zero-order chi connectivity index (χ0) is 21.5. The van der Waals surface area contributed by atoms with Crippen molar-refractivity contribution in [2.24, 2.45) is 0 Å². The van der Waals surface area contributed by atoms with Gasteiger partial charge in [-0.25, -0.2) is 4.39 Å². The maximum absolute atomic E-state index is 14.3. The number of amides is 1. The first-order chi connectivity index (χ1) is 14.4. The van der Waals surface area contributed by atoms with Crippen molar-refractivity contribution in [1.29, 1.82) is 0 Å². The third-order valence-corrected chi connectivity index (χ3v) is 4.49. The first-order valence-corrected chi connectivity index (χ1v) is 9.49. The molecule has 0 aliphatic heterocycles. The van der Waals surface area contributed by atoms with Gasteiger partial charge in [0.15, 0.2) is 11.6 Å². The highest BCUT2D eigenvalue weighted by Gasteiger charge is 2.08. The lowest BCUT2D eigenvalue weighted by Crippen LogP contribution is -2.24. The number of anilines is 1. The van der Waals surface area contributed by atoms with Crippen LogP contribution in [0, 0.1) is 5.82 Å². The van der Waals surface area contributed by atoms with E-state index in [9.17, 15) is 9.18 Å². The van der Waals surface area contributed by atoms with Gasteiger partial charge in [-0.3, -0.25) is 9.78 Å². The molecule has 1 heterocycles. The maximum atomic E-state index is 14.3. The molecule has 0 unspecified atom stereocenters. The number of benzene rings is 2. The summed E-state index contributed by atoms with van der Waals surface area (Å²) in [6.45, 7) is 0.489. The highest BCUT2D eigenvalue weighted by molar-refractivity contribution is 5.91. The molecule has 0 atom stereocenters. The van der Waals surface area contributed by atoms with Gasteiger partial charge in [-0.15, -0.1) is 0 Å². The van der Waals surface area contributed by atoms with Crippen LogP contribution in [0.3, 0.4) is 0 Å². The molecule has 0 aliphatic carbocycles. The Hall–Kier alpha value is -3.67. The van der Waals surface area contributed by atoms with Crippen molar-refractivity contribution in [2.75, 3.05) is 26.0 Å². The van der Waals surface area contributed by atoms with Crippen LogP contribution in [0.25, 0.3) is 6.08 Å². The Morgan fingerprint density at radius 3 is 2.50 bits per heavy atom. The minimum absolute atomic E-state index is 0.102. The van der Waals surface area contributed by atoms with Crippen LogP contribution >= 0.6 is 0 Å². The van der Waals surface area contributed by atoms with E-state index < -0.39 is 5.82 Å². The highest BCUT2D eigenvalue weighted by atomic mass is 19.1. The monoisotopic (exact) mass is 405 g/mol. The molecule has 5 nitrogen and oxygen atoms in total. The van der Waals surface area contributed by atoms with E-state index in [1.165, 1.54) is 24.4 Å². The van der Waals surface area contributed by atoms with E-state index in [0.717, 1.165) is 11.3 Å². The molecule has 0 bridgehead atoms. The zero-order valence-electron chi connectivity index (χ0n) is 17.2. The number of halogens is 1. The van der Waals surface area contributed by atoms with Gasteiger partial charge in [0.1, 0.15) is 5.75 Å². The maximum Gasteiger partial charge on any atom is 0.246 e. The number of hydrogen-bond acceptors (Lipinski definition) is 4. The van der Waals surface area contributed by atoms with Gasteiger partial charge in [0.2, 0.25) is 5.91 Å². The second-order valence-corrected chi connectivity index (χ2v) is 7.07. The Kier molecular flexibility index (Phi) is 6.80. The van der Waals surface area contributed by atoms with Crippen molar-refractivity contribution in [1.82, 2.24) is 9.88 Å². The summed E-state index contributed by atoms with van der Waals surface area (Å²) >= 11 is 0. The van der Waals surface area contributed by atoms with Crippen LogP contribution in [0.4, 0.5) is 10.1 Å². The fraction of sp³-hybridized carbons (Fsp3) is 0.167. The summed E-state index contributed by atoms with van der Waals surface area (Å²) in [4.78, 5) is 20.0. The van der Waals surface area contributed by atoms with Gasteiger partial charge in [0.05, 0.1) is 6.20 Å². The van der Waals surface area contributed by atoms with E-state index in [1.54, 1.807) is 42.4 Å². The Morgan fingerprint density at radius 2 is 1.87 bits per heavy atom. The molecule has 0 aliphatic rings. The van der Waals surface area contributed by atoms with Gasteiger partial charge in [-0.05, 0) is 53.6 Å². The van der Waals surface area contributed by atoms with Gasteiger partial charge in [-0.2, -0.15) is 0 Å². The Morgan fingerprint density at radius 1 is 1.10 bits per heavy atom. The molecule has 0 N–H and O–H groups in total. The second-order valence-electron chi connectivity index (χ2n) is 7.07. The van der Waals surface area contributed by atoms with Crippen LogP contribution in [-0.2, 0) is 11.3 Å². The topological polar surface area (TPSA) is 45.7 Å². The van der Waals surface area contributed by atoms with Gasteiger partial charge in [-0.1, -0.05) is 18.2 Å². The molecule has 154 valence electrons. The molecule has 3 rings (SSSR count). The summed E-state index contributed by atoms with van der Waals surface area (Å²) < 4.78 is 19.8. The summed E-state index contributed by atoms with van der Waals surface area (Å²) in [6.07, 6.45) is 6.15. The lowest BCUT2D eigenvalue weighted by Gasteiger charge is -2.17. The van der Waals surface area contributed by atoms with Crippen LogP contribution < -0.4 is 9.64 Å². The van der Waals surface area contributed by atoms with E-state index in [4.69, 9.17) is 4.74 Å². The van der Waals surface area contributed by atoms with E-state index >= 15 is 0 Å². The fourth-order valence-electron chi connectivity index (χ4n) is 2.78. The Bertz CT molecular complexity index is 1020.